The first-order chi connectivity index (χ1) is 15.0. The lowest BCUT2D eigenvalue weighted by atomic mass is 9.83. The van der Waals surface area contributed by atoms with Crippen LogP contribution in [0.3, 0.4) is 0 Å². The van der Waals surface area contributed by atoms with Crippen molar-refractivity contribution in [1.82, 2.24) is 14.7 Å². The fourth-order valence-electron chi connectivity index (χ4n) is 4.94. The number of carbonyl (C=O) groups excluding carboxylic acids is 3. The molecule has 0 bridgehead atoms. The first-order valence-electron chi connectivity index (χ1n) is 11.0. The van der Waals surface area contributed by atoms with Crippen molar-refractivity contribution in [2.45, 2.75) is 37.3 Å². The summed E-state index contributed by atoms with van der Waals surface area (Å²) in [6, 6.07) is 6.80. The van der Waals surface area contributed by atoms with Gasteiger partial charge >= 0.3 is 12.1 Å². The van der Waals surface area contributed by atoms with Crippen LogP contribution in [-0.4, -0.2) is 84.2 Å². The Hall–Kier alpha value is -2.97. The van der Waals surface area contributed by atoms with Crippen LogP contribution in [0.5, 0.6) is 5.75 Å². The minimum absolute atomic E-state index is 0.187. The van der Waals surface area contributed by atoms with Crippen molar-refractivity contribution >= 4 is 23.7 Å². The predicted octanol–water partition coefficient (Wildman–Crippen LogP) is 2.13. The number of hydrogen-bond donors (Lipinski definition) is 1. The smallest absolute Gasteiger partial charge is 0.410 e. The van der Waals surface area contributed by atoms with Crippen molar-refractivity contribution in [2.75, 3.05) is 45.2 Å². The van der Waals surface area contributed by atoms with Crippen LogP contribution in [0.2, 0.25) is 0 Å². The van der Waals surface area contributed by atoms with Crippen molar-refractivity contribution in [3.8, 4) is 5.75 Å². The fraction of sp³-hybridized carbons (Fsp3) is 0.591. The molecule has 4 amide bonds. The minimum Gasteiger partial charge on any atom is -0.497 e. The van der Waals surface area contributed by atoms with Crippen LogP contribution in [-0.2, 0) is 9.53 Å². The number of methoxy groups -OCH3 is 1. The Morgan fingerprint density at radius 1 is 1.06 bits per heavy atom. The highest BCUT2D eigenvalue weighted by molar-refractivity contribution is 5.89. The molecule has 1 unspecified atom stereocenters. The van der Waals surface area contributed by atoms with E-state index < -0.39 is 5.60 Å². The Kier molecular flexibility index (Phi) is 4.91. The summed E-state index contributed by atoms with van der Waals surface area (Å²) in [6.45, 7) is 2.53. The van der Waals surface area contributed by atoms with E-state index in [0.29, 0.717) is 51.3 Å². The van der Waals surface area contributed by atoms with E-state index in [0.717, 1.165) is 18.6 Å². The van der Waals surface area contributed by atoms with Crippen LogP contribution in [0.1, 0.15) is 25.7 Å². The molecule has 5 rings (SSSR count). The van der Waals surface area contributed by atoms with E-state index in [1.54, 1.807) is 41.2 Å². The van der Waals surface area contributed by atoms with E-state index in [2.05, 4.69) is 5.32 Å². The Balaban J connectivity index is 1.24. The molecule has 1 N–H and O–H groups in total. The Bertz CT molecular complexity index is 876. The summed E-state index contributed by atoms with van der Waals surface area (Å²) < 4.78 is 11.0. The lowest BCUT2D eigenvalue weighted by Crippen LogP contribution is -2.62. The number of piperazine rings is 1. The highest BCUT2D eigenvalue weighted by Crippen LogP contribution is 2.41. The summed E-state index contributed by atoms with van der Waals surface area (Å²) in [5.41, 5.74) is 0.0600. The maximum Gasteiger partial charge on any atom is 0.410 e. The predicted molar refractivity (Wildman–Crippen MR) is 112 cm³/mol. The minimum atomic E-state index is -0.628. The van der Waals surface area contributed by atoms with Gasteiger partial charge in [0.25, 0.3) is 0 Å². The standard InChI is InChI=1S/C22H28N4O5/c1-30-17-6-4-16(5-7-17)23-20(28)25-12-13-26-18(14-25)22(31-21(26)29)8-10-24(11-9-22)19(27)15-2-3-15/h4-7,15,18H,2-3,8-14H2,1H3,(H,23,28). The molecule has 1 aromatic carbocycles. The quantitative estimate of drug-likeness (QED) is 0.797. The van der Waals surface area contributed by atoms with Crippen LogP contribution in [0, 0.1) is 5.92 Å². The normalized spacial score (nSPS) is 24.6. The molecule has 9 nitrogen and oxygen atoms in total. The van der Waals surface area contributed by atoms with Gasteiger partial charge in [-0.3, -0.25) is 9.69 Å². The number of anilines is 1. The maximum absolute atomic E-state index is 12.9. The lowest BCUT2D eigenvalue weighted by molar-refractivity contribution is -0.136. The van der Waals surface area contributed by atoms with Gasteiger partial charge in [-0.15, -0.1) is 0 Å². The lowest BCUT2D eigenvalue weighted by Gasteiger charge is -2.45. The highest BCUT2D eigenvalue weighted by Gasteiger charge is 2.57. The van der Waals surface area contributed by atoms with Crippen LogP contribution in [0.15, 0.2) is 24.3 Å². The zero-order chi connectivity index (χ0) is 21.6. The molecular formula is C22H28N4O5. The van der Waals surface area contributed by atoms with Crippen molar-refractivity contribution in [2.24, 2.45) is 5.92 Å². The first kappa shape index (κ1) is 20.0. The number of rotatable bonds is 3. The summed E-state index contributed by atoms with van der Waals surface area (Å²) >= 11 is 0. The SMILES string of the molecule is COc1ccc(NC(=O)N2CCN3C(=O)OC4(CCN(C(=O)C5CC5)CC4)C3C2)cc1. The molecule has 3 heterocycles. The largest absolute Gasteiger partial charge is 0.497 e. The average molecular weight is 428 g/mol. The number of fused-ring (bicyclic) bond motifs is 2. The van der Waals surface area contributed by atoms with E-state index in [9.17, 15) is 14.4 Å². The molecule has 0 radical (unpaired) electrons. The van der Waals surface area contributed by atoms with E-state index >= 15 is 0 Å². The van der Waals surface area contributed by atoms with Gasteiger partial charge in [-0.2, -0.15) is 0 Å². The van der Waals surface area contributed by atoms with Gasteiger partial charge in [0, 0.05) is 57.2 Å². The van der Waals surface area contributed by atoms with E-state index in [4.69, 9.17) is 9.47 Å². The molecule has 1 aliphatic carbocycles. The van der Waals surface area contributed by atoms with Crippen LogP contribution in [0.4, 0.5) is 15.3 Å². The third kappa shape index (κ3) is 3.66. The second kappa shape index (κ2) is 7.62. The second-order valence-corrected chi connectivity index (χ2v) is 8.85. The third-order valence-corrected chi connectivity index (χ3v) is 6.99. The number of piperidine rings is 1. The number of ether oxygens (including phenoxy) is 2. The number of hydrogen-bond acceptors (Lipinski definition) is 5. The Morgan fingerprint density at radius 2 is 1.77 bits per heavy atom. The summed E-state index contributed by atoms with van der Waals surface area (Å²) in [7, 11) is 1.60. The number of carbonyl (C=O) groups is 3. The fourth-order valence-corrected chi connectivity index (χ4v) is 4.94. The van der Waals surface area contributed by atoms with Crippen molar-refractivity contribution < 1.29 is 23.9 Å². The molecule has 4 aliphatic rings. The Labute approximate surface area is 181 Å². The Morgan fingerprint density at radius 3 is 2.42 bits per heavy atom. The molecular weight excluding hydrogens is 400 g/mol. The van der Waals surface area contributed by atoms with Gasteiger partial charge in [0.05, 0.1) is 13.2 Å². The van der Waals surface area contributed by atoms with E-state index in [-0.39, 0.29) is 30.0 Å². The van der Waals surface area contributed by atoms with Crippen molar-refractivity contribution in [3.63, 3.8) is 0 Å². The molecule has 1 atom stereocenters. The number of nitrogens with one attached hydrogen (secondary N) is 1. The molecule has 3 aliphatic heterocycles. The highest BCUT2D eigenvalue weighted by atomic mass is 16.6. The molecule has 166 valence electrons. The van der Waals surface area contributed by atoms with Crippen molar-refractivity contribution in [3.05, 3.63) is 24.3 Å². The van der Waals surface area contributed by atoms with Gasteiger partial charge in [0.1, 0.15) is 11.4 Å². The molecule has 1 spiro atoms. The zero-order valence-electron chi connectivity index (χ0n) is 17.7. The summed E-state index contributed by atoms with van der Waals surface area (Å²) in [5, 5.41) is 2.92. The van der Waals surface area contributed by atoms with E-state index in [1.807, 2.05) is 4.90 Å². The van der Waals surface area contributed by atoms with Crippen LogP contribution >= 0.6 is 0 Å². The molecule has 31 heavy (non-hydrogen) atoms. The van der Waals surface area contributed by atoms with Crippen molar-refractivity contribution in [1.29, 1.82) is 0 Å². The van der Waals surface area contributed by atoms with Gasteiger partial charge in [-0.05, 0) is 37.1 Å². The number of nitrogens with zero attached hydrogens (tertiary/aromatic N) is 3. The zero-order valence-corrected chi connectivity index (χ0v) is 17.7. The van der Waals surface area contributed by atoms with Gasteiger partial charge < -0.3 is 24.6 Å². The molecule has 1 saturated carbocycles. The van der Waals surface area contributed by atoms with Crippen LogP contribution in [0.25, 0.3) is 0 Å². The third-order valence-electron chi connectivity index (χ3n) is 6.99. The summed E-state index contributed by atoms with van der Waals surface area (Å²) in [6.07, 6.45) is 2.91. The summed E-state index contributed by atoms with van der Waals surface area (Å²) in [4.78, 5) is 43.2. The second-order valence-electron chi connectivity index (χ2n) is 8.85. The van der Waals surface area contributed by atoms with Gasteiger partial charge in [-0.25, -0.2) is 9.59 Å². The average Bonchev–Trinajstić information content (AvgIpc) is 3.61. The molecule has 1 aromatic rings. The first-order valence-corrected chi connectivity index (χ1v) is 11.0. The summed E-state index contributed by atoms with van der Waals surface area (Å²) in [5.74, 6) is 1.16. The van der Waals surface area contributed by atoms with E-state index in [1.165, 1.54) is 0 Å². The van der Waals surface area contributed by atoms with Gasteiger partial charge in [0.15, 0.2) is 0 Å². The molecule has 0 aromatic heterocycles. The molecule has 4 fully saturated rings. The number of urea groups is 1. The molecule has 3 saturated heterocycles. The number of amides is 4. The van der Waals surface area contributed by atoms with Gasteiger partial charge in [-0.1, -0.05) is 0 Å². The topological polar surface area (TPSA) is 91.4 Å². The monoisotopic (exact) mass is 428 g/mol. The maximum atomic E-state index is 12.9. The molecule has 9 heteroatoms. The number of likely N-dealkylation sites (tertiary alicyclic amines) is 1. The van der Waals surface area contributed by atoms with Gasteiger partial charge in [0.2, 0.25) is 5.91 Å². The van der Waals surface area contributed by atoms with Crippen LogP contribution < -0.4 is 10.1 Å². The number of benzene rings is 1.